The molecule has 0 radical (unpaired) electrons. The molecule has 1 N–H and O–H groups in total. The third-order valence-corrected chi connectivity index (χ3v) is 3.20. The molecule has 0 atom stereocenters. The molecule has 0 unspecified atom stereocenters. The number of halogens is 2. The molecule has 0 fully saturated rings. The maximum Gasteiger partial charge on any atom is 0.137 e. The summed E-state index contributed by atoms with van der Waals surface area (Å²) in [4.78, 5) is 8.89. The van der Waals surface area contributed by atoms with E-state index in [1.54, 1.807) is 25.1 Å². The molecule has 3 nitrogen and oxygen atoms in total. The molecule has 0 aliphatic rings. The standard InChI is InChI=1S/C15H17BrFN3/c1-9-7-10(5-6-11(9)17)18-13-8-12(16)19-14(20-13)15(2,3)4/h5-8H,1-4H3,(H,18,19,20). The molecule has 1 aromatic heterocycles. The van der Waals surface area contributed by atoms with Crippen molar-refractivity contribution in [3.63, 3.8) is 0 Å². The molecular weight excluding hydrogens is 321 g/mol. The average Bonchev–Trinajstić information content (AvgIpc) is 2.32. The lowest BCUT2D eigenvalue weighted by atomic mass is 9.96. The molecule has 0 aliphatic heterocycles. The smallest absolute Gasteiger partial charge is 0.137 e. The second-order valence-electron chi connectivity index (χ2n) is 5.74. The Balaban J connectivity index is 2.33. The van der Waals surface area contributed by atoms with Crippen LogP contribution in [0, 0.1) is 12.7 Å². The number of nitrogens with zero attached hydrogens (tertiary/aromatic N) is 2. The lowest BCUT2D eigenvalue weighted by molar-refractivity contribution is 0.544. The van der Waals surface area contributed by atoms with E-state index in [-0.39, 0.29) is 11.2 Å². The molecule has 2 rings (SSSR count). The predicted octanol–water partition coefficient (Wildman–Crippen LogP) is 4.73. The van der Waals surface area contributed by atoms with Crippen LogP contribution in [0.15, 0.2) is 28.9 Å². The van der Waals surface area contributed by atoms with E-state index in [2.05, 4.69) is 52.0 Å². The number of aryl methyl sites for hydroxylation is 1. The highest BCUT2D eigenvalue weighted by atomic mass is 79.9. The highest BCUT2D eigenvalue weighted by molar-refractivity contribution is 9.10. The van der Waals surface area contributed by atoms with E-state index in [1.807, 2.05) is 0 Å². The van der Waals surface area contributed by atoms with Crippen molar-refractivity contribution in [2.24, 2.45) is 0 Å². The Bertz CT molecular complexity index is 636. The van der Waals surface area contributed by atoms with Crippen LogP contribution in [0.5, 0.6) is 0 Å². The summed E-state index contributed by atoms with van der Waals surface area (Å²) in [7, 11) is 0. The Kier molecular flexibility index (Phi) is 4.09. The largest absolute Gasteiger partial charge is 0.340 e. The molecule has 106 valence electrons. The highest BCUT2D eigenvalue weighted by Crippen LogP contribution is 2.24. The molecule has 2 aromatic rings. The lowest BCUT2D eigenvalue weighted by Gasteiger charge is -2.18. The van der Waals surface area contributed by atoms with Gasteiger partial charge in [-0.15, -0.1) is 0 Å². The van der Waals surface area contributed by atoms with Crippen molar-refractivity contribution in [3.05, 3.63) is 46.1 Å². The van der Waals surface area contributed by atoms with Gasteiger partial charge < -0.3 is 5.32 Å². The Hall–Kier alpha value is -1.49. The van der Waals surface area contributed by atoms with Gasteiger partial charge >= 0.3 is 0 Å². The summed E-state index contributed by atoms with van der Waals surface area (Å²) in [5.41, 5.74) is 1.26. The molecule has 1 aromatic carbocycles. The van der Waals surface area contributed by atoms with Gasteiger partial charge in [-0.1, -0.05) is 20.8 Å². The Morgan fingerprint density at radius 2 is 1.85 bits per heavy atom. The van der Waals surface area contributed by atoms with Crippen LogP contribution in [0.4, 0.5) is 15.9 Å². The van der Waals surface area contributed by atoms with Gasteiger partial charge in [-0.05, 0) is 46.6 Å². The number of anilines is 2. The molecule has 0 bridgehead atoms. The van der Waals surface area contributed by atoms with Crippen LogP contribution in [0.2, 0.25) is 0 Å². The van der Waals surface area contributed by atoms with E-state index in [0.29, 0.717) is 11.4 Å². The van der Waals surface area contributed by atoms with Crippen molar-refractivity contribution in [2.45, 2.75) is 33.1 Å². The van der Waals surface area contributed by atoms with Crippen molar-refractivity contribution >= 4 is 27.4 Å². The van der Waals surface area contributed by atoms with Gasteiger partial charge in [0.15, 0.2) is 0 Å². The molecule has 0 aliphatic carbocycles. The number of aromatic nitrogens is 2. The van der Waals surface area contributed by atoms with Gasteiger partial charge in [0, 0.05) is 17.2 Å². The van der Waals surface area contributed by atoms with Crippen LogP contribution in [0.3, 0.4) is 0 Å². The zero-order valence-corrected chi connectivity index (χ0v) is 13.5. The fourth-order valence-electron chi connectivity index (χ4n) is 1.69. The number of rotatable bonds is 2. The van der Waals surface area contributed by atoms with E-state index in [9.17, 15) is 4.39 Å². The second-order valence-corrected chi connectivity index (χ2v) is 6.55. The fourth-order valence-corrected chi connectivity index (χ4v) is 2.07. The summed E-state index contributed by atoms with van der Waals surface area (Å²) in [6.07, 6.45) is 0. The normalized spacial score (nSPS) is 11.5. The number of hydrogen-bond donors (Lipinski definition) is 1. The first-order chi connectivity index (χ1) is 9.25. The first-order valence-electron chi connectivity index (χ1n) is 6.34. The van der Waals surface area contributed by atoms with Crippen LogP contribution in [-0.2, 0) is 5.41 Å². The summed E-state index contributed by atoms with van der Waals surface area (Å²) >= 11 is 3.39. The van der Waals surface area contributed by atoms with Crippen molar-refractivity contribution in [1.82, 2.24) is 9.97 Å². The Morgan fingerprint density at radius 3 is 2.45 bits per heavy atom. The van der Waals surface area contributed by atoms with E-state index in [4.69, 9.17) is 0 Å². The summed E-state index contributed by atoms with van der Waals surface area (Å²) in [6.45, 7) is 7.90. The molecule has 0 amide bonds. The minimum Gasteiger partial charge on any atom is -0.340 e. The molecule has 1 heterocycles. The molecular formula is C15H17BrFN3. The highest BCUT2D eigenvalue weighted by Gasteiger charge is 2.18. The van der Waals surface area contributed by atoms with E-state index < -0.39 is 0 Å². The van der Waals surface area contributed by atoms with Crippen molar-refractivity contribution < 1.29 is 4.39 Å². The minimum absolute atomic E-state index is 0.140. The van der Waals surface area contributed by atoms with Gasteiger partial charge in [0.2, 0.25) is 0 Å². The Morgan fingerprint density at radius 1 is 1.15 bits per heavy atom. The quantitative estimate of drug-likeness (QED) is 0.805. The Labute approximate surface area is 126 Å². The van der Waals surface area contributed by atoms with Crippen LogP contribution in [0.1, 0.15) is 32.2 Å². The summed E-state index contributed by atoms with van der Waals surface area (Å²) in [5.74, 6) is 1.21. The third-order valence-electron chi connectivity index (χ3n) is 2.80. The van der Waals surface area contributed by atoms with Crippen molar-refractivity contribution in [2.75, 3.05) is 5.32 Å². The number of benzene rings is 1. The second kappa shape index (κ2) is 5.48. The van der Waals surface area contributed by atoms with Crippen molar-refractivity contribution in [1.29, 1.82) is 0 Å². The minimum atomic E-state index is -0.213. The first-order valence-corrected chi connectivity index (χ1v) is 7.13. The maximum atomic E-state index is 13.3. The average molecular weight is 338 g/mol. The van der Waals surface area contributed by atoms with Gasteiger partial charge in [0.25, 0.3) is 0 Å². The molecule has 20 heavy (non-hydrogen) atoms. The summed E-state index contributed by atoms with van der Waals surface area (Å²) in [5, 5.41) is 3.18. The number of hydrogen-bond acceptors (Lipinski definition) is 3. The van der Waals surface area contributed by atoms with Gasteiger partial charge in [-0.3, -0.25) is 0 Å². The van der Waals surface area contributed by atoms with Crippen LogP contribution < -0.4 is 5.32 Å². The molecule has 5 heteroatoms. The van der Waals surface area contributed by atoms with E-state index in [0.717, 1.165) is 16.1 Å². The van der Waals surface area contributed by atoms with Crippen molar-refractivity contribution in [3.8, 4) is 0 Å². The number of nitrogens with one attached hydrogen (secondary N) is 1. The SMILES string of the molecule is Cc1cc(Nc2cc(Br)nc(C(C)(C)C)n2)ccc1F. The zero-order valence-electron chi connectivity index (χ0n) is 12.0. The lowest BCUT2D eigenvalue weighted by Crippen LogP contribution is -2.16. The van der Waals surface area contributed by atoms with Crippen LogP contribution in [-0.4, -0.2) is 9.97 Å². The first kappa shape index (κ1) is 14.9. The van der Waals surface area contributed by atoms with Gasteiger partial charge in [0.05, 0.1) is 0 Å². The fraction of sp³-hybridized carbons (Fsp3) is 0.333. The topological polar surface area (TPSA) is 37.8 Å². The maximum absolute atomic E-state index is 13.3. The molecule has 0 spiro atoms. The van der Waals surface area contributed by atoms with Crippen LogP contribution >= 0.6 is 15.9 Å². The van der Waals surface area contributed by atoms with E-state index >= 15 is 0 Å². The van der Waals surface area contributed by atoms with Gasteiger partial charge in [0.1, 0.15) is 22.1 Å². The molecule has 0 saturated heterocycles. The summed E-state index contributed by atoms with van der Waals surface area (Å²) in [6, 6.07) is 6.68. The van der Waals surface area contributed by atoms with Gasteiger partial charge in [-0.25, -0.2) is 14.4 Å². The zero-order chi connectivity index (χ0) is 14.9. The third kappa shape index (κ3) is 3.54. The monoisotopic (exact) mass is 337 g/mol. The van der Waals surface area contributed by atoms with E-state index in [1.165, 1.54) is 6.07 Å². The van der Waals surface area contributed by atoms with Crippen LogP contribution in [0.25, 0.3) is 0 Å². The summed E-state index contributed by atoms with van der Waals surface area (Å²) < 4.78 is 14.0. The van der Waals surface area contributed by atoms with Gasteiger partial charge in [-0.2, -0.15) is 0 Å². The molecule has 0 saturated carbocycles. The predicted molar refractivity (Wildman–Crippen MR) is 82.9 cm³/mol.